The summed E-state index contributed by atoms with van der Waals surface area (Å²) in [6, 6.07) is -0.817. The number of hydrogen-bond acceptors (Lipinski definition) is 5. The minimum Gasteiger partial charge on any atom is -0.481 e. The van der Waals surface area contributed by atoms with Crippen LogP contribution < -0.4 is 0 Å². The number of aliphatic carboxylic acids is 1. The fourth-order valence-corrected chi connectivity index (χ4v) is 6.06. The molecule has 3 rings (SSSR count). The van der Waals surface area contributed by atoms with Gasteiger partial charge in [0, 0.05) is 25.7 Å². The van der Waals surface area contributed by atoms with Crippen molar-refractivity contribution >= 4 is 17.8 Å². The molecule has 0 radical (unpaired) electrons. The second-order valence-electron chi connectivity index (χ2n) is 9.48. The topological polar surface area (TPSA) is 107 Å². The highest BCUT2D eigenvalue weighted by atomic mass is 16.5. The monoisotopic (exact) mass is 450 g/mol. The number of carbonyl (C=O) groups is 3. The molecule has 0 aromatic carbocycles. The molecular weight excluding hydrogens is 412 g/mol. The van der Waals surface area contributed by atoms with E-state index in [1.54, 1.807) is 15.9 Å². The standard InChI is InChI=1S/C24H38N2O6/c1-4-10-16(3)25(13-5-2)22(29)20-24-12-11-17(32-24)18(23(30)31)19(24)21(28)26(20)14-8-6-7-9-15-27/h5,16-20,27H,2,4,6-15H2,1,3H3,(H,30,31)/t16?,17-,18+,19+,20-,24+/m0/s1. The summed E-state index contributed by atoms with van der Waals surface area (Å²) in [4.78, 5) is 42.9. The summed E-state index contributed by atoms with van der Waals surface area (Å²) >= 11 is 0. The van der Waals surface area contributed by atoms with Gasteiger partial charge in [-0.2, -0.15) is 0 Å². The molecule has 2 N–H and O–H groups in total. The van der Waals surface area contributed by atoms with Crippen molar-refractivity contribution in [2.45, 2.75) is 89.0 Å². The largest absolute Gasteiger partial charge is 0.481 e. The quantitative estimate of drug-likeness (QED) is 0.329. The maximum atomic E-state index is 14.0. The van der Waals surface area contributed by atoms with Crippen molar-refractivity contribution in [2.75, 3.05) is 19.7 Å². The van der Waals surface area contributed by atoms with Gasteiger partial charge >= 0.3 is 5.97 Å². The van der Waals surface area contributed by atoms with Crippen LogP contribution in [0.25, 0.3) is 0 Å². The van der Waals surface area contributed by atoms with E-state index in [-0.39, 0.29) is 24.5 Å². The molecule has 1 unspecified atom stereocenters. The predicted octanol–water partition coefficient (Wildman–Crippen LogP) is 2.20. The number of rotatable bonds is 13. The Hall–Kier alpha value is -1.93. The van der Waals surface area contributed by atoms with Crippen LogP contribution in [0.15, 0.2) is 12.7 Å². The minimum absolute atomic E-state index is 0.0173. The van der Waals surface area contributed by atoms with Gasteiger partial charge in [-0.1, -0.05) is 32.3 Å². The predicted molar refractivity (Wildman–Crippen MR) is 119 cm³/mol. The lowest BCUT2D eigenvalue weighted by atomic mass is 9.70. The lowest BCUT2D eigenvalue weighted by molar-refractivity contribution is -0.151. The van der Waals surface area contributed by atoms with Gasteiger partial charge in [-0.3, -0.25) is 14.4 Å². The normalized spacial score (nSPS) is 31.6. The van der Waals surface area contributed by atoms with Crippen molar-refractivity contribution in [1.29, 1.82) is 0 Å². The zero-order valence-corrected chi connectivity index (χ0v) is 19.4. The van der Waals surface area contributed by atoms with Crippen LogP contribution in [0.2, 0.25) is 0 Å². The number of carboxylic acid groups (broad SMARTS) is 1. The van der Waals surface area contributed by atoms with E-state index < -0.39 is 35.6 Å². The summed E-state index contributed by atoms with van der Waals surface area (Å²) in [7, 11) is 0. The van der Waals surface area contributed by atoms with Crippen molar-refractivity contribution < 1.29 is 29.3 Å². The Morgan fingerprint density at radius 3 is 2.69 bits per heavy atom. The second kappa shape index (κ2) is 10.3. The van der Waals surface area contributed by atoms with E-state index in [0.29, 0.717) is 38.8 Å². The van der Waals surface area contributed by atoms with Crippen LogP contribution in [0.4, 0.5) is 0 Å². The zero-order chi connectivity index (χ0) is 23.5. The van der Waals surface area contributed by atoms with Gasteiger partial charge in [0.15, 0.2) is 0 Å². The average molecular weight is 451 g/mol. The van der Waals surface area contributed by atoms with Crippen LogP contribution in [0.3, 0.4) is 0 Å². The maximum absolute atomic E-state index is 14.0. The molecule has 1 spiro atoms. The summed E-state index contributed by atoms with van der Waals surface area (Å²) in [5, 5.41) is 18.9. The highest BCUT2D eigenvalue weighted by Crippen LogP contribution is 2.58. The van der Waals surface area contributed by atoms with Crippen molar-refractivity contribution in [3.63, 3.8) is 0 Å². The number of unbranched alkanes of at least 4 members (excludes halogenated alkanes) is 3. The average Bonchev–Trinajstić information content (AvgIpc) is 3.39. The van der Waals surface area contributed by atoms with Crippen molar-refractivity contribution in [3.05, 3.63) is 12.7 Å². The summed E-state index contributed by atoms with van der Waals surface area (Å²) in [5.41, 5.74) is -1.06. The SMILES string of the molecule is C=CCN(C(=O)[C@@H]1N(CCCCCCO)C(=O)[C@H]2[C@H](C(=O)O)[C@@H]3CC[C@]12O3)C(C)CCC. The van der Waals surface area contributed by atoms with Gasteiger partial charge in [0.25, 0.3) is 0 Å². The fraction of sp³-hybridized carbons (Fsp3) is 0.792. The molecule has 0 saturated carbocycles. The molecule has 8 nitrogen and oxygen atoms in total. The highest BCUT2D eigenvalue weighted by molar-refractivity contribution is 5.98. The van der Waals surface area contributed by atoms with Crippen molar-refractivity contribution in [3.8, 4) is 0 Å². The molecule has 180 valence electrons. The highest BCUT2D eigenvalue weighted by Gasteiger charge is 2.74. The number of nitrogens with zero attached hydrogens (tertiary/aromatic N) is 2. The van der Waals surface area contributed by atoms with E-state index in [0.717, 1.165) is 25.7 Å². The van der Waals surface area contributed by atoms with Gasteiger partial charge < -0.3 is 24.7 Å². The summed E-state index contributed by atoms with van der Waals surface area (Å²) in [6.07, 6.45) is 7.11. The Balaban J connectivity index is 1.92. The number of hydrogen-bond donors (Lipinski definition) is 2. The number of likely N-dealkylation sites (tertiary alicyclic amines) is 1. The molecule has 6 atom stereocenters. The second-order valence-corrected chi connectivity index (χ2v) is 9.48. The van der Waals surface area contributed by atoms with Crippen LogP contribution in [-0.2, 0) is 19.1 Å². The third-order valence-corrected chi connectivity index (χ3v) is 7.47. The molecule has 8 heteroatoms. The summed E-state index contributed by atoms with van der Waals surface area (Å²) in [5.74, 6) is -3.15. The third-order valence-electron chi connectivity index (χ3n) is 7.47. The number of carboxylic acids is 1. The van der Waals surface area contributed by atoms with E-state index in [4.69, 9.17) is 9.84 Å². The Bertz CT molecular complexity index is 727. The van der Waals surface area contributed by atoms with Gasteiger partial charge in [-0.05, 0) is 39.0 Å². The Kier molecular flexibility index (Phi) is 7.98. The van der Waals surface area contributed by atoms with Crippen molar-refractivity contribution in [2.24, 2.45) is 11.8 Å². The first-order chi connectivity index (χ1) is 15.3. The van der Waals surface area contributed by atoms with E-state index in [2.05, 4.69) is 13.5 Å². The molecule has 2 amide bonds. The number of ether oxygens (including phenoxy) is 1. The first-order valence-electron chi connectivity index (χ1n) is 12.1. The van der Waals surface area contributed by atoms with Gasteiger partial charge in [0.1, 0.15) is 11.6 Å². The van der Waals surface area contributed by atoms with E-state index in [9.17, 15) is 19.5 Å². The Morgan fingerprint density at radius 2 is 2.06 bits per heavy atom. The van der Waals surface area contributed by atoms with Gasteiger partial charge in [-0.25, -0.2) is 0 Å². The number of aliphatic hydroxyl groups excluding tert-OH is 1. The van der Waals surface area contributed by atoms with Crippen LogP contribution in [0.1, 0.15) is 65.2 Å². The molecule has 3 fully saturated rings. The molecule has 3 saturated heterocycles. The number of amides is 2. The molecule has 0 aromatic heterocycles. The molecule has 0 aliphatic carbocycles. The van der Waals surface area contributed by atoms with Gasteiger partial charge in [0.2, 0.25) is 11.8 Å². The molecule has 3 aliphatic heterocycles. The smallest absolute Gasteiger partial charge is 0.310 e. The third kappa shape index (κ3) is 4.19. The number of aliphatic hydroxyl groups is 1. The summed E-state index contributed by atoms with van der Waals surface area (Å²) < 4.78 is 6.26. The Labute approximate surface area is 190 Å². The van der Waals surface area contributed by atoms with Crippen LogP contribution >= 0.6 is 0 Å². The lowest BCUT2D eigenvalue weighted by Gasteiger charge is -2.39. The maximum Gasteiger partial charge on any atom is 0.310 e. The van der Waals surface area contributed by atoms with Crippen LogP contribution in [0.5, 0.6) is 0 Å². The van der Waals surface area contributed by atoms with E-state index in [1.807, 2.05) is 6.92 Å². The first-order valence-corrected chi connectivity index (χ1v) is 12.1. The van der Waals surface area contributed by atoms with E-state index in [1.165, 1.54) is 0 Å². The minimum atomic E-state index is -1.06. The zero-order valence-electron chi connectivity index (χ0n) is 19.4. The Morgan fingerprint density at radius 1 is 1.34 bits per heavy atom. The lowest BCUT2D eigenvalue weighted by Crippen LogP contribution is -2.57. The first kappa shape index (κ1) is 24.7. The molecule has 0 aromatic rings. The number of carbonyl (C=O) groups excluding carboxylic acids is 2. The van der Waals surface area contributed by atoms with Gasteiger partial charge in [0.05, 0.1) is 17.9 Å². The van der Waals surface area contributed by atoms with Crippen LogP contribution in [0, 0.1) is 11.8 Å². The van der Waals surface area contributed by atoms with Gasteiger partial charge in [-0.15, -0.1) is 6.58 Å². The fourth-order valence-electron chi connectivity index (χ4n) is 6.06. The van der Waals surface area contributed by atoms with Crippen molar-refractivity contribution in [1.82, 2.24) is 9.80 Å². The molecule has 2 bridgehead atoms. The molecular formula is C24H38N2O6. The van der Waals surface area contributed by atoms with E-state index >= 15 is 0 Å². The molecule has 32 heavy (non-hydrogen) atoms. The molecule has 3 aliphatic rings. The molecule has 3 heterocycles. The number of fused-ring (bicyclic) bond motifs is 1. The van der Waals surface area contributed by atoms with Crippen LogP contribution in [-0.4, -0.2) is 81.3 Å². The summed E-state index contributed by atoms with van der Waals surface area (Å²) in [6.45, 7) is 8.78.